The number of nitrogens with one attached hydrogen (secondary N) is 2. The van der Waals surface area contributed by atoms with Gasteiger partial charge in [0.05, 0.1) is 24.5 Å². The van der Waals surface area contributed by atoms with Crippen LogP contribution in [0.15, 0.2) is 72.8 Å². The maximum absolute atomic E-state index is 15.9. The van der Waals surface area contributed by atoms with Crippen molar-refractivity contribution in [2.24, 2.45) is 0 Å². The molecule has 13 nitrogen and oxygen atoms in total. The fraction of sp³-hybridized carbons (Fsp3) is 0.341. The van der Waals surface area contributed by atoms with Crippen LogP contribution in [0.5, 0.6) is 0 Å². The van der Waals surface area contributed by atoms with E-state index in [-0.39, 0.29) is 35.4 Å². The summed E-state index contributed by atoms with van der Waals surface area (Å²) in [6.07, 6.45) is 10.4. The van der Waals surface area contributed by atoms with Crippen LogP contribution in [0.2, 0.25) is 0 Å². The van der Waals surface area contributed by atoms with E-state index in [0.717, 1.165) is 73.5 Å². The van der Waals surface area contributed by atoms with Crippen molar-refractivity contribution >= 4 is 45.8 Å². The van der Waals surface area contributed by atoms with Gasteiger partial charge in [-0.1, -0.05) is 18.2 Å². The molecule has 4 atom stereocenters. The molecule has 2 unspecified atom stereocenters. The molecule has 2 N–H and O–H groups in total. The van der Waals surface area contributed by atoms with Gasteiger partial charge in [0.1, 0.15) is 5.82 Å². The molecular formula is C41H38FN9O4S. The lowest BCUT2D eigenvalue weighted by molar-refractivity contribution is -0.134. The third-order valence-corrected chi connectivity index (χ3v) is 12.7. The van der Waals surface area contributed by atoms with Crippen LogP contribution in [0.25, 0.3) is 11.1 Å². The number of carbonyl (C=O) groups is 4. The Balaban J connectivity index is 0.832. The van der Waals surface area contributed by atoms with Crippen molar-refractivity contribution in [3.63, 3.8) is 0 Å². The van der Waals surface area contributed by atoms with Crippen LogP contribution in [-0.4, -0.2) is 78.1 Å². The highest BCUT2D eigenvalue weighted by molar-refractivity contribution is 7.13. The van der Waals surface area contributed by atoms with Gasteiger partial charge < -0.3 is 14.4 Å². The Morgan fingerprint density at radius 3 is 2.68 bits per heavy atom. The normalized spacial score (nSPS) is 22.1. The predicted octanol–water partition coefficient (Wildman–Crippen LogP) is 4.81. The second-order valence-electron chi connectivity index (χ2n) is 15.3. The lowest BCUT2D eigenvalue weighted by atomic mass is 9.91. The number of likely N-dealkylation sites (tertiary alicyclic amines) is 1. The zero-order valence-corrected chi connectivity index (χ0v) is 31.2. The molecule has 5 aliphatic rings. The molecule has 10 rings (SSSR count). The summed E-state index contributed by atoms with van der Waals surface area (Å²) in [5.74, 6) is -2.16. The van der Waals surface area contributed by atoms with Crippen molar-refractivity contribution in [1.82, 2.24) is 34.6 Å². The molecule has 4 amide bonds. The molecule has 5 aliphatic heterocycles. The molecule has 0 aliphatic carbocycles. The SMILES string of the molecule is O=C1CCC(c2cncc(CN3C[C@H]4C[C@@H]3CN4c3ccc(-c4cc(F)c5c(c4)C(=O)N(C(C(=O)Nc4nccs4)c4ncn6c4CCC6)C5)cc3)c2)C(=O)N1. The first-order valence-electron chi connectivity index (χ1n) is 19.0. The zero-order chi connectivity index (χ0) is 38.1. The minimum absolute atomic E-state index is 0.0439. The Bertz CT molecular complexity index is 2400. The summed E-state index contributed by atoms with van der Waals surface area (Å²) in [6, 6.07) is 13.0. The highest BCUT2D eigenvalue weighted by Gasteiger charge is 2.44. The number of piperazine rings is 1. The van der Waals surface area contributed by atoms with E-state index >= 15 is 4.39 Å². The highest BCUT2D eigenvalue weighted by atomic mass is 32.1. The van der Waals surface area contributed by atoms with Crippen LogP contribution in [0.3, 0.4) is 0 Å². The van der Waals surface area contributed by atoms with Gasteiger partial charge in [-0.05, 0) is 72.2 Å². The van der Waals surface area contributed by atoms with Crippen molar-refractivity contribution in [2.75, 3.05) is 23.3 Å². The van der Waals surface area contributed by atoms with Crippen molar-refractivity contribution in [2.45, 2.75) is 75.8 Å². The number of hydrogen-bond acceptors (Lipinski definition) is 10. The van der Waals surface area contributed by atoms with E-state index in [4.69, 9.17) is 0 Å². The average Bonchev–Trinajstić information content (AvgIpc) is 4.06. The van der Waals surface area contributed by atoms with Crippen molar-refractivity contribution < 1.29 is 23.6 Å². The number of thiazole rings is 1. The monoisotopic (exact) mass is 771 g/mol. The first-order chi connectivity index (χ1) is 27.3. The Morgan fingerprint density at radius 2 is 1.89 bits per heavy atom. The molecule has 284 valence electrons. The molecule has 0 spiro atoms. The van der Waals surface area contributed by atoms with E-state index in [9.17, 15) is 19.2 Å². The van der Waals surface area contributed by atoms with Gasteiger partial charge >= 0.3 is 0 Å². The minimum atomic E-state index is -1.04. The fourth-order valence-corrected chi connectivity index (χ4v) is 9.83. The van der Waals surface area contributed by atoms with Crippen LogP contribution >= 0.6 is 11.3 Å². The van der Waals surface area contributed by atoms with Gasteiger partial charge in [0, 0.05) is 91.2 Å². The Labute approximate surface area is 325 Å². The molecule has 2 aromatic carbocycles. The number of carbonyl (C=O) groups excluding carboxylic acids is 4. The number of imide groups is 1. The number of imidazole rings is 1. The summed E-state index contributed by atoms with van der Waals surface area (Å²) in [6.45, 7) is 3.27. The summed E-state index contributed by atoms with van der Waals surface area (Å²) in [4.78, 5) is 71.6. The number of fused-ring (bicyclic) bond motifs is 4. The van der Waals surface area contributed by atoms with Crippen LogP contribution in [-0.2, 0) is 40.4 Å². The standard InChI is InChI=1S/C41H38FN9O4S/c42-33-14-25(13-31-32(33)21-51(40(31)55)37(39(54)47-41-44-9-11-56-41)36-34-2-1-10-48(34)22-45-36)24-3-5-27(6-4-24)50-20-28-15-29(50)19-49(28)18-23-12-26(17-43-16-23)30-7-8-35(52)46-38(30)53/h3-6,9,11-14,16-17,22,28-30,37H,1-2,7-8,10,15,18-21H2,(H,44,47,54)(H,46,52,53)/t28-,29-,30?,37?/m1/s1. The Morgan fingerprint density at radius 1 is 1.02 bits per heavy atom. The number of hydrogen-bond donors (Lipinski definition) is 2. The van der Waals surface area contributed by atoms with Crippen molar-refractivity contribution in [1.29, 1.82) is 0 Å². The van der Waals surface area contributed by atoms with Crippen LogP contribution < -0.4 is 15.5 Å². The number of anilines is 2. The quantitative estimate of drug-likeness (QED) is 0.202. The first kappa shape index (κ1) is 34.7. The number of piperidine rings is 1. The van der Waals surface area contributed by atoms with Crippen LogP contribution in [0.1, 0.15) is 76.1 Å². The number of aromatic nitrogens is 4. The van der Waals surface area contributed by atoms with Gasteiger partial charge in [-0.25, -0.2) is 14.4 Å². The molecule has 56 heavy (non-hydrogen) atoms. The molecule has 3 fully saturated rings. The number of halogens is 1. The van der Waals surface area contributed by atoms with E-state index in [2.05, 4.69) is 47.5 Å². The number of amides is 4. The Hall–Kier alpha value is -5.80. The van der Waals surface area contributed by atoms with E-state index in [1.54, 1.807) is 30.2 Å². The predicted molar refractivity (Wildman–Crippen MR) is 205 cm³/mol. The minimum Gasteiger partial charge on any atom is -0.366 e. The van der Waals surface area contributed by atoms with Crippen LogP contribution in [0, 0.1) is 5.82 Å². The van der Waals surface area contributed by atoms with E-state index in [1.165, 1.54) is 22.3 Å². The molecule has 15 heteroatoms. The van der Waals surface area contributed by atoms with Gasteiger partial charge in [-0.15, -0.1) is 11.3 Å². The Kier molecular flexibility index (Phi) is 8.51. The number of benzene rings is 2. The zero-order valence-electron chi connectivity index (χ0n) is 30.4. The summed E-state index contributed by atoms with van der Waals surface area (Å²) < 4.78 is 17.9. The highest BCUT2D eigenvalue weighted by Crippen LogP contribution is 2.40. The molecule has 3 saturated heterocycles. The second-order valence-corrected chi connectivity index (χ2v) is 16.2. The second kappa shape index (κ2) is 13.7. The summed E-state index contributed by atoms with van der Waals surface area (Å²) >= 11 is 1.28. The van der Waals surface area contributed by atoms with Gasteiger partial charge in [0.15, 0.2) is 11.2 Å². The summed E-state index contributed by atoms with van der Waals surface area (Å²) in [7, 11) is 0. The maximum atomic E-state index is 15.9. The lowest BCUT2D eigenvalue weighted by Gasteiger charge is -2.35. The molecule has 2 bridgehead atoms. The topological polar surface area (TPSA) is 146 Å². The molecule has 0 saturated carbocycles. The van der Waals surface area contributed by atoms with Gasteiger partial charge in [0.2, 0.25) is 11.8 Å². The van der Waals surface area contributed by atoms with Gasteiger partial charge in [-0.3, -0.25) is 39.7 Å². The molecule has 3 aromatic heterocycles. The number of pyridine rings is 1. The van der Waals surface area contributed by atoms with Gasteiger partial charge in [0.25, 0.3) is 11.8 Å². The van der Waals surface area contributed by atoms with Crippen LogP contribution in [0.4, 0.5) is 15.2 Å². The van der Waals surface area contributed by atoms with Crippen molar-refractivity contribution in [3.8, 4) is 11.1 Å². The number of nitrogens with zero attached hydrogens (tertiary/aromatic N) is 7. The lowest BCUT2D eigenvalue weighted by Crippen LogP contribution is -2.46. The van der Waals surface area contributed by atoms with E-state index in [1.807, 2.05) is 29.0 Å². The largest absolute Gasteiger partial charge is 0.366 e. The third kappa shape index (κ3) is 6.05. The maximum Gasteiger partial charge on any atom is 0.255 e. The smallest absolute Gasteiger partial charge is 0.255 e. The molecule has 5 aromatic rings. The molecule has 0 radical (unpaired) electrons. The van der Waals surface area contributed by atoms with Crippen molar-refractivity contribution in [3.05, 3.63) is 112 Å². The average molecular weight is 772 g/mol. The molecule has 8 heterocycles. The van der Waals surface area contributed by atoms with E-state index < -0.39 is 23.7 Å². The summed E-state index contributed by atoms with van der Waals surface area (Å²) in [5, 5.41) is 7.47. The van der Waals surface area contributed by atoms with E-state index in [0.29, 0.717) is 41.3 Å². The summed E-state index contributed by atoms with van der Waals surface area (Å²) in [5.41, 5.74) is 6.34. The fourth-order valence-electron chi connectivity index (χ4n) is 9.30. The third-order valence-electron chi connectivity index (χ3n) is 12.0. The number of rotatable bonds is 9. The number of aryl methyl sites for hydroxylation is 1. The van der Waals surface area contributed by atoms with Gasteiger partial charge in [-0.2, -0.15) is 0 Å². The molecular weight excluding hydrogens is 734 g/mol. The first-order valence-corrected chi connectivity index (χ1v) is 19.9.